The SMILES string of the molecule is N#CCc1ccc(-c2ccccc2C(F)(F)F)c(F)c1. The van der Waals surface area contributed by atoms with Crippen LogP contribution in [0, 0.1) is 17.1 Å². The number of hydrogen-bond acceptors (Lipinski definition) is 1. The molecule has 2 aromatic rings. The summed E-state index contributed by atoms with van der Waals surface area (Å²) < 4.78 is 52.7. The maximum absolute atomic E-state index is 14.0. The molecule has 20 heavy (non-hydrogen) atoms. The van der Waals surface area contributed by atoms with Crippen molar-refractivity contribution in [3.63, 3.8) is 0 Å². The third-order valence-electron chi connectivity index (χ3n) is 2.84. The third kappa shape index (κ3) is 2.80. The molecule has 0 spiro atoms. The Hall–Kier alpha value is -2.35. The van der Waals surface area contributed by atoms with Gasteiger partial charge in [0.25, 0.3) is 0 Å². The van der Waals surface area contributed by atoms with Crippen LogP contribution < -0.4 is 0 Å². The Balaban J connectivity index is 2.56. The molecule has 0 saturated heterocycles. The van der Waals surface area contributed by atoms with E-state index in [-0.39, 0.29) is 17.5 Å². The van der Waals surface area contributed by atoms with E-state index in [4.69, 9.17) is 5.26 Å². The molecule has 0 bridgehead atoms. The molecule has 0 atom stereocenters. The zero-order valence-electron chi connectivity index (χ0n) is 10.2. The van der Waals surface area contributed by atoms with Gasteiger partial charge in [0, 0.05) is 5.56 Å². The number of alkyl halides is 3. The molecule has 0 aromatic heterocycles. The Morgan fingerprint density at radius 1 is 1.00 bits per heavy atom. The minimum absolute atomic E-state index is 0.0120. The van der Waals surface area contributed by atoms with Crippen molar-refractivity contribution < 1.29 is 17.6 Å². The number of hydrogen-bond donors (Lipinski definition) is 0. The van der Waals surface area contributed by atoms with E-state index in [1.54, 1.807) is 0 Å². The van der Waals surface area contributed by atoms with Crippen molar-refractivity contribution in [3.05, 3.63) is 59.4 Å². The molecule has 102 valence electrons. The Bertz CT molecular complexity index is 668. The summed E-state index contributed by atoms with van der Waals surface area (Å²) >= 11 is 0. The van der Waals surface area contributed by atoms with Crippen LogP contribution in [0.25, 0.3) is 11.1 Å². The van der Waals surface area contributed by atoms with Gasteiger partial charge in [-0.05, 0) is 23.3 Å². The lowest BCUT2D eigenvalue weighted by atomic mass is 9.97. The second kappa shape index (κ2) is 5.33. The van der Waals surface area contributed by atoms with Gasteiger partial charge in [-0.1, -0.05) is 30.3 Å². The monoisotopic (exact) mass is 279 g/mol. The summed E-state index contributed by atoms with van der Waals surface area (Å²) in [5, 5.41) is 8.53. The highest BCUT2D eigenvalue weighted by Crippen LogP contribution is 2.37. The van der Waals surface area contributed by atoms with Crippen LogP contribution in [0.15, 0.2) is 42.5 Å². The van der Waals surface area contributed by atoms with Gasteiger partial charge >= 0.3 is 6.18 Å². The molecular weight excluding hydrogens is 270 g/mol. The zero-order chi connectivity index (χ0) is 14.8. The molecule has 0 aliphatic rings. The van der Waals surface area contributed by atoms with E-state index in [0.717, 1.165) is 12.1 Å². The van der Waals surface area contributed by atoms with Crippen molar-refractivity contribution in [1.29, 1.82) is 5.26 Å². The molecule has 0 heterocycles. The summed E-state index contributed by atoms with van der Waals surface area (Å²) in [4.78, 5) is 0. The molecule has 5 heteroatoms. The molecule has 0 radical (unpaired) electrons. The summed E-state index contributed by atoms with van der Waals surface area (Å²) in [5.74, 6) is -0.769. The Morgan fingerprint density at radius 3 is 2.30 bits per heavy atom. The summed E-state index contributed by atoms with van der Waals surface area (Å²) in [7, 11) is 0. The third-order valence-corrected chi connectivity index (χ3v) is 2.84. The minimum atomic E-state index is -4.55. The summed E-state index contributed by atoms with van der Waals surface area (Å²) in [6, 6.07) is 10.5. The van der Waals surface area contributed by atoms with Gasteiger partial charge in [0.15, 0.2) is 0 Å². The molecular formula is C15H9F4N. The number of rotatable bonds is 2. The van der Waals surface area contributed by atoms with Crippen LogP contribution in [0.2, 0.25) is 0 Å². The van der Waals surface area contributed by atoms with Crippen LogP contribution >= 0.6 is 0 Å². The van der Waals surface area contributed by atoms with Gasteiger partial charge in [-0.25, -0.2) is 4.39 Å². The van der Waals surface area contributed by atoms with Gasteiger partial charge in [0.1, 0.15) is 5.82 Å². The lowest BCUT2D eigenvalue weighted by Gasteiger charge is -2.13. The van der Waals surface area contributed by atoms with Gasteiger partial charge in [0.2, 0.25) is 0 Å². The van der Waals surface area contributed by atoms with Crippen molar-refractivity contribution in [2.45, 2.75) is 12.6 Å². The molecule has 0 aliphatic carbocycles. The highest BCUT2D eigenvalue weighted by molar-refractivity contribution is 5.69. The van der Waals surface area contributed by atoms with Crippen LogP contribution in [0.4, 0.5) is 17.6 Å². The quantitative estimate of drug-likeness (QED) is 0.738. The fraction of sp³-hybridized carbons (Fsp3) is 0.133. The molecule has 0 N–H and O–H groups in total. The maximum Gasteiger partial charge on any atom is 0.417 e. The summed E-state index contributed by atoms with van der Waals surface area (Å²) in [5.41, 5.74) is -0.786. The van der Waals surface area contributed by atoms with Crippen molar-refractivity contribution in [3.8, 4) is 17.2 Å². The smallest absolute Gasteiger partial charge is 0.206 e. The Labute approximate surface area is 113 Å². The molecule has 2 rings (SSSR count). The van der Waals surface area contributed by atoms with Gasteiger partial charge < -0.3 is 0 Å². The molecule has 0 fully saturated rings. The number of benzene rings is 2. The van der Waals surface area contributed by atoms with Gasteiger partial charge in [-0.2, -0.15) is 18.4 Å². The first-order valence-corrected chi connectivity index (χ1v) is 5.75. The number of nitriles is 1. The molecule has 0 amide bonds. The Kier molecular flexibility index (Phi) is 3.75. The molecule has 2 aromatic carbocycles. The molecule has 0 aliphatic heterocycles. The van der Waals surface area contributed by atoms with Crippen LogP contribution in [0.3, 0.4) is 0 Å². The highest BCUT2D eigenvalue weighted by atomic mass is 19.4. The van der Waals surface area contributed by atoms with Gasteiger partial charge in [-0.3, -0.25) is 0 Å². The average Bonchev–Trinajstić information content (AvgIpc) is 2.38. The average molecular weight is 279 g/mol. The van der Waals surface area contributed by atoms with Crippen molar-refractivity contribution in [2.75, 3.05) is 0 Å². The first kappa shape index (κ1) is 14.1. The molecule has 0 saturated carbocycles. The lowest BCUT2D eigenvalue weighted by Crippen LogP contribution is -2.07. The second-order valence-corrected chi connectivity index (χ2v) is 4.19. The van der Waals surface area contributed by atoms with E-state index < -0.39 is 17.6 Å². The van der Waals surface area contributed by atoms with Crippen molar-refractivity contribution in [2.24, 2.45) is 0 Å². The summed E-state index contributed by atoms with van der Waals surface area (Å²) in [6.45, 7) is 0. The van der Waals surface area contributed by atoms with E-state index in [1.165, 1.54) is 30.3 Å². The summed E-state index contributed by atoms with van der Waals surface area (Å²) in [6.07, 6.45) is -4.54. The van der Waals surface area contributed by atoms with E-state index in [0.29, 0.717) is 5.56 Å². The lowest BCUT2D eigenvalue weighted by molar-refractivity contribution is -0.137. The van der Waals surface area contributed by atoms with E-state index in [1.807, 2.05) is 6.07 Å². The largest absolute Gasteiger partial charge is 0.417 e. The normalized spacial score (nSPS) is 11.2. The van der Waals surface area contributed by atoms with E-state index in [2.05, 4.69) is 0 Å². The number of halogens is 4. The first-order valence-electron chi connectivity index (χ1n) is 5.75. The number of nitrogens with zero attached hydrogens (tertiary/aromatic N) is 1. The first-order chi connectivity index (χ1) is 9.43. The Morgan fingerprint density at radius 2 is 1.70 bits per heavy atom. The highest BCUT2D eigenvalue weighted by Gasteiger charge is 2.33. The van der Waals surface area contributed by atoms with Gasteiger partial charge in [0.05, 0.1) is 18.1 Å². The predicted octanol–water partition coefficient (Wildman–Crippen LogP) is 4.58. The standard InChI is InChI=1S/C15H9F4N/c16-14-9-10(7-8-20)5-6-12(14)11-3-1-2-4-13(11)15(17,18)19/h1-6,9H,7H2. The van der Waals surface area contributed by atoms with E-state index in [9.17, 15) is 17.6 Å². The maximum atomic E-state index is 14.0. The fourth-order valence-corrected chi connectivity index (χ4v) is 1.94. The fourth-order valence-electron chi connectivity index (χ4n) is 1.94. The van der Waals surface area contributed by atoms with Crippen LogP contribution in [0.5, 0.6) is 0 Å². The zero-order valence-corrected chi connectivity index (χ0v) is 10.2. The van der Waals surface area contributed by atoms with E-state index >= 15 is 0 Å². The topological polar surface area (TPSA) is 23.8 Å². The second-order valence-electron chi connectivity index (χ2n) is 4.19. The molecule has 0 unspecified atom stereocenters. The molecule has 1 nitrogen and oxygen atoms in total. The van der Waals surface area contributed by atoms with Crippen LogP contribution in [0.1, 0.15) is 11.1 Å². The van der Waals surface area contributed by atoms with Crippen molar-refractivity contribution in [1.82, 2.24) is 0 Å². The predicted molar refractivity (Wildman–Crippen MR) is 66.2 cm³/mol. The van der Waals surface area contributed by atoms with Gasteiger partial charge in [-0.15, -0.1) is 0 Å². The van der Waals surface area contributed by atoms with Crippen molar-refractivity contribution >= 4 is 0 Å². The minimum Gasteiger partial charge on any atom is -0.206 e. The van der Waals surface area contributed by atoms with Crippen LogP contribution in [-0.4, -0.2) is 0 Å². The van der Waals surface area contributed by atoms with Crippen LogP contribution in [-0.2, 0) is 12.6 Å².